The molecule has 0 saturated heterocycles. The van der Waals surface area contributed by atoms with Gasteiger partial charge >= 0.3 is 0 Å². The van der Waals surface area contributed by atoms with Crippen molar-refractivity contribution in [2.45, 2.75) is 38.3 Å². The van der Waals surface area contributed by atoms with Crippen LogP contribution in [0.1, 0.15) is 32.6 Å². The maximum atomic E-state index is 13.2. The molecule has 0 spiro atoms. The van der Waals surface area contributed by atoms with Gasteiger partial charge in [-0.15, -0.1) is 0 Å². The van der Waals surface area contributed by atoms with Crippen LogP contribution in [0.25, 0.3) is 10.9 Å². The van der Waals surface area contributed by atoms with E-state index in [1.807, 2.05) is 6.92 Å². The minimum Gasteiger partial charge on any atom is -0.295 e. The van der Waals surface area contributed by atoms with Crippen molar-refractivity contribution in [3.05, 3.63) is 68.7 Å². The van der Waals surface area contributed by atoms with E-state index in [0.29, 0.717) is 33.3 Å². The Bertz CT molecular complexity index is 1210. The second-order valence-corrected chi connectivity index (χ2v) is 9.28. The van der Waals surface area contributed by atoms with E-state index in [9.17, 15) is 13.2 Å². The first-order chi connectivity index (χ1) is 13.7. The fourth-order valence-electron chi connectivity index (χ4n) is 3.36. The monoisotopic (exact) mass is 453 g/mol. The van der Waals surface area contributed by atoms with Crippen molar-refractivity contribution in [3.63, 3.8) is 0 Å². The zero-order valence-corrected chi connectivity index (χ0v) is 18.6. The molecule has 0 bridgehead atoms. The van der Waals surface area contributed by atoms with Gasteiger partial charge in [0.15, 0.2) is 0 Å². The third-order valence-electron chi connectivity index (χ3n) is 4.80. The molecular weight excluding hydrogens is 433 g/mol. The highest BCUT2D eigenvalue weighted by atomic mass is 35.5. The molecule has 0 aliphatic carbocycles. The average molecular weight is 454 g/mol. The standard InChI is InChI=1S/C20H21Cl2N3O3S/c1-4-24-19(23-18-11-8-15(22)12-17(18)20(24)26)13(3)25(5-2)29(27,28)16-9-6-14(21)7-10-16/h6-13H,4-5H2,1-3H3. The smallest absolute Gasteiger partial charge is 0.261 e. The van der Waals surface area contributed by atoms with Crippen LogP contribution in [0.2, 0.25) is 10.0 Å². The fraction of sp³-hybridized carbons (Fsp3) is 0.300. The number of nitrogens with zero attached hydrogens (tertiary/aromatic N) is 3. The van der Waals surface area contributed by atoms with Gasteiger partial charge in [-0.3, -0.25) is 9.36 Å². The molecule has 3 rings (SSSR count). The van der Waals surface area contributed by atoms with Gasteiger partial charge in [0.1, 0.15) is 5.82 Å². The first-order valence-electron chi connectivity index (χ1n) is 9.18. The molecular formula is C20H21Cl2N3O3S. The SMILES string of the molecule is CCN(C(C)c1nc2ccc(Cl)cc2c(=O)n1CC)S(=O)(=O)c1ccc(Cl)cc1. The van der Waals surface area contributed by atoms with Gasteiger partial charge in [-0.1, -0.05) is 30.1 Å². The molecule has 2 aromatic carbocycles. The minimum atomic E-state index is -3.81. The van der Waals surface area contributed by atoms with Crippen LogP contribution >= 0.6 is 23.2 Å². The van der Waals surface area contributed by atoms with E-state index in [4.69, 9.17) is 23.2 Å². The van der Waals surface area contributed by atoms with Crippen molar-refractivity contribution < 1.29 is 8.42 Å². The Morgan fingerprint density at radius 2 is 1.69 bits per heavy atom. The molecule has 9 heteroatoms. The first-order valence-corrected chi connectivity index (χ1v) is 11.4. The highest BCUT2D eigenvalue weighted by Gasteiger charge is 2.31. The first kappa shape index (κ1) is 21.8. The summed E-state index contributed by atoms with van der Waals surface area (Å²) in [5.41, 5.74) is 0.229. The van der Waals surface area contributed by atoms with E-state index in [1.165, 1.54) is 33.1 Å². The number of fused-ring (bicyclic) bond motifs is 1. The molecule has 1 heterocycles. The van der Waals surface area contributed by atoms with Gasteiger partial charge in [0.05, 0.1) is 21.8 Å². The lowest BCUT2D eigenvalue weighted by Crippen LogP contribution is -2.37. The van der Waals surface area contributed by atoms with Crippen LogP contribution in [0.5, 0.6) is 0 Å². The number of aromatic nitrogens is 2. The Kier molecular flexibility index (Phi) is 6.33. The van der Waals surface area contributed by atoms with Gasteiger partial charge in [-0.2, -0.15) is 4.31 Å². The zero-order chi connectivity index (χ0) is 21.3. The second kappa shape index (κ2) is 8.44. The molecule has 0 amide bonds. The molecule has 0 N–H and O–H groups in total. The predicted molar refractivity (Wildman–Crippen MR) is 116 cm³/mol. The van der Waals surface area contributed by atoms with Gasteiger partial charge in [0.2, 0.25) is 10.0 Å². The number of benzene rings is 2. The average Bonchev–Trinajstić information content (AvgIpc) is 2.69. The van der Waals surface area contributed by atoms with Crippen molar-refractivity contribution in [3.8, 4) is 0 Å². The molecule has 1 unspecified atom stereocenters. The van der Waals surface area contributed by atoms with E-state index < -0.39 is 16.1 Å². The number of sulfonamides is 1. The highest BCUT2D eigenvalue weighted by Crippen LogP contribution is 2.28. The lowest BCUT2D eigenvalue weighted by Gasteiger charge is -2.28. The Labute approximate surface area is 179 Å². The van der Waals surface area contributed by atoms with E-state index in [2.05, 4.69) is 4.98 Å². The Hall–Kier alpha value is -1.93. The van der Waals surface area contributed by atoms with Crippen molar-refractivity contribution in [1.82, 2.24) is 13.9 Å². The summed E-state index contributed by atoms with van der Waals surface area (Å²) in [6, 6.07) is 10.2. The van der Waals surface area contributed by atoms with Gasteiger partial charge in [0, 0.05) is 23.1 Å². The summed E-state index contributed by atoms with van der Waals surface area (Å²) >= 11 is 11.9. The number of rotatable bonds is 6. The van der Waals surface area contributed by atoms with Crippen molar-refractivity contribution in [2.24, 2.45) is 0 Å². The maximum absolute atomic E-state index is 13.2. The molecule has 0 saturated carbocycles. The van der Waals surface area contributed by atoms with E-state index >= 15 is 0 Å². The summed E-state index contributed by atoms with van der Waals surface area (Å²) in [5, 5.41) is 1.30. The van der Waals surface area contributed by atoms with Gasteiger partial charge in [0.25, 0.3) is 5.56 Å². The van der Waals surface area contributed by atoms with Gasteiger partial charge in [-0.05, 0) is 56.3 Å². The molecule has 0 aliphatic rings. The largest absolute Gasteiger partial charge is 0.295 e. The summed E-state index contributed by atoms with van der Waals surface area (Å²) in [6.07, 6.45) is 0. The number of halogens is 2. The van der Waals surface area contributed by atoms with Crippen LogP contribution in [0.15, 0.2) is 52.2 Å². The molecule has 0 radical (unpaired) electrons. The van der Waals surface area contributed by atoms with Crippen molar-refractivity contribution >= 4 is 44.1 Å². The number of hydrogen-bond donors (Lipinski definition) is 0. The third-order valence-corrected chi connectivity index (χ3v) is 7.35. The van der Waals surface area contributed by atoms with E-state index in [1.54, 1.807) is 32.0 Å². The summed E-state index contributed by atoms with van der Waals surface area (Å²) in [4.78, 5) is 17.7. The Morgan fingerprint density at radius 1 is 1.07 bits per heavy atom. The summed E-state index contributed by atoms with van der Waals surface area (Å²) in [5.74, 6) is 0.381. The van der Waals surface area contributed by atoms with E-state index in [0.717, 1.165) is 0 Å². The Balaban J connectivity index is 2.16. The lowest BCUT2D eigenvalue weighted by atomic mass is 10.2. The zero-order valence-electron chi connectivity index (χ0n) is 16.3. The molecule has 1 atom stereocenters. The predicted octanol–water partition coefficient (Wildman–Crippen LogP) is 4.50. The summed E-state index contributed by atoms with van der Waals surface area (Å²) < 4.78 is 29.3. The van der Waals surface area contributed by atoms with Gasteiger partial charge < -0.3 is 0 Å². The molecule has 6 nitrogen and oxygen atoms in total. The number of hydrogen-bond acceptors (Lipinski definition) is 4. The Morgan fingerprint density at radius 3 is 2.28 bits per heavy atom. The van der Waals surface area contributed by atoms with Crippen LogP contribution in [-0.4, -0.2) is 28.8 Å². The molecule has 0 fully saturated rings. The fourth-order valence-corrected chi connectivity index (χ4v) is 5.26. The normalized spacial score (nSPS) is 13.2. The molecule has 1 aromatic heterocycles. The minimum absolute atomic E-state index is 0.133. The van der Waals surface area contributed by atoms with Crippen LogP contribution < -0.4 is 5.56 Å². The highest BCUT2D eigenvalue weighted by molar-refractivity contribution is 7.89. The lowest BCUT2D eigenvalue weighted by molar-refractivity contribution is 0.334. The van der Waals surface area contributed by atoms with Crippen molar-refractivity contribution in [2.75, 3.05) is 6.54 Å². The van der Waals surface area contributed by atoms with Crippen LogP contribution in [-0.2, 0) is 16.6 Å². The third kappa shape index (κ3) is 4.05. The molecule has 0 aliphatic heterocycles. The van der Waals surface area contributed by atoms with Crippen LogP contribution in [0.4, 0.5) is 0 Å². The summed E-state index contributed by atoms with van der Waals surface area (Å²) in [7, 11) is -3.81. The summed E-state index contributed by atoms with van der Waals surface area (Å²) in [6.45, 7) is 5.86. The second-order valence-electron chi connectivity index (χ2n) is 6.52. The van der Waals surface area contributed by atoms with Crippen LogP contribution in [0.3, 0.4) is 0 Å². The van der Waals surface area contributed by atoms with Crippen LogP contribution in [0, 0.1) is 0 Å². The maximum Gasteiger partial charge on any atom is 0.261 e. The molecule has 29 heavy (non-hydrogen) atoms. The quantitative estimate of drug-likeness (QED) is 0.550. The van der Waals surface area contributed by atoms with Gasteiger partial charge in [-0.25, -0.2) is 13.4 Å². The molecule has 154 valence electrons. The topological polar surface area (TPSA) is 72.3 Å². The van der Waals surface area contributed by atoms with E-state index in [-0.39, 0.29) is 17.0 Å². The molecule has 3 aromatic rings. The van der Waals surface area contributed by atoms with Crippen molar-refractivity contribution in [1.29, 1.82) is 0 Å².